The maximum atomic E-state index is 5.21. The lowest BCUT2D eigenvalue weighted by Gasteiger charge is -2.21. The summed E-state index contributed by atoms with van der Waals surface area (Å²) in [7, 11) is 1.70. The Morgan fingerprint density at radius 1 is 0.864 bits per heavy atom. The minimum absolute atomic E-state index is 0.414. The van der Waals surface area contributed by atoms with E-state index in [1.54, 1.807) is 7.11 Å². The normalized spacial score (nSPS) is 13.0. The van der Waals surface area contributed by atoms with Gasteiger partial charge >= 0.3 is 0 Å². The Hall–Kier alpha value is -1.76. The summed E-state index contributed by atoms with van der Waals surface area (Å²) in [5, 5.41) is 0. The van der Waals surface area contributed by atoms with Gasteiger partial charge in [-0.3, -0.25) is 0 Å². The molecule has 2 aromatic carbocycles. The number of ether oxygens (including phenoxy) is 1. The van der Waals surface area contributed by atoms with E-state index in [9.17, 15) is 0 Å². The van der Waals surface area contributed by atoms with Crippen molar-refractivity contribution < 1.29 is 4.74 Å². The minimum Gasteiger partial charge on any atom is -0.497 e. The zero-order chi connectivity index (χ0) is 16.2. The van der Waals surface area contributed by atoms with Crippen LogP contribution in [-0.2, 0) is 0 Å². The molecule has 0 saturated heterocycles. The average Bonchev–Trinajstić information content (AvgIpc) is 2.52. The first-order valence-electron chi connectivity index (χ1n) is 8.13. The van der Waals surface area contributed by atoms with Crippen LogP contribution in [-0.4, -0.2) is 7.11 Å². The molecule has 0 aromatic heterocycles. The monoisotopic (exact) mass is 296 g/mol. The van der Waals surface area contributed by atoms with Crippen LogP contribution in [0.15, 0.2) is 48.5 Å². The highest BCUT2D eigenvalue weighted by Crippen LogP contribution is 2.30. The van der Waals surface area contributed by atoms with E-state index < -0.39 is 0 Å². The summed E-state index contributed by atoms with van der Waals surface area (Å²) in [5.41, 5.74) is 4.34. The lowest BCUT2D eigenvalue weighted by Crippen LogP contribution is -2.06. The predicted octanol–water partition coefficient (Wildman–Crippen LogP) is 6.29. The molecule has 0 aliphatic heterocycles. The highest BCUT2D eigenvalue weighted by molar-refractivity contribution is 5.64. The van der Waals surface area contributed by atoms with Crippen LogP contribution in [0.1, 0.15) is 52.0 Å². The second kappa shape index (κ2) is 7.00. The molecule has 1 atom stereocenters. The summed E-state index contributed by atoms with van der Waals surface area (Å²) in [4.78, 5) is 0. The number of hydrogen-bond acceptors (Lipinski definition) is 1. The summed E-state index contributed by atoms with van der Waals surface area (Å²) < 4.78 is 5.21. The van der Waals surface area contributed by atoms with Crippen molar-refractivity contribution in [1.29, 1.82) is 0 Å². The van der Waals surface area contributed by atoms with Gasteiger partial charge in [0.1, 0.15) is 5.75 Å². The van der Waals surface area contributed by atoms with Gasteiger partial charge < -0.3 is 4.74 Å². The Labute approximate surface area is 135 Å². The van der Waals surface area contributed by atoms with Crippen LogP contribution in [0.5, 0.6) is 5.75 Å². The first-order chi connectivity index (χ1) is 10.4. The summed E-state index contributed by atoms with van der Waals surface area (Å²) in [6, 6.07) is 17.2. The second-order valence-corrected chi connectivity index (χ2v) is 7.35. The van der Waals surface area contributed by atoms with Crippen molar-refractivity contribution in [1.82, 2.24) is 0 Å². The molecule has 2 rings (SSSR count). The van der Waals surface area contributed by atoms with Gasteiger partial charge in [-0.1, -0.05) is 64.1 Å². The third kappa shape index (κ3) is 4.62. The fraction of sp³-hybridized carbons (Fsp3) is 0.429. The van der Waals surface area contributed by atoms with Gasteiger partial charge in [-0.15, -0.1) is 0 Å². The first kappa shape index (κ1) is 16.6. The van der Waals surface area contributed by atoms with Crippen molar-refractivity contribution in [3.05, 3.63) is 54.1 Å². The van der Waals surface area contributed by atoms with Gasteiger partial charge in [0.25, 0.3) is 0 Å². The number of benzene rings is 2. The molecular weight excluding hydrogens is 268 g/mol. The highest BCUT2D eigenvalue weighted by atomic mass is 16.5. The average molecular weight is 296 g/mol. The summed E-state index contributed by atoms with van der Waals surface area (Å²) >= 11 is 0. The Kier molecular flexibility index (Phi) is 5.28. The lowest BCUT2D eigenvalue weighted by molar-refractivity contribution is 0.353. The SMILES string of the molecule is COc1ccc(-c2ccc(C(C)CCC(C)(C)C)cc2)cc1. The Balaban J connectivity index is 2.05. The fourth-order valence-corrected chi connectivity index (χ4v) is 2.60. The van der Waals surface area contributed by atoms with Gasteiger partial charge in [-0.25, -0.2) is 0 Å². The fourth-order valence-electron chi connectivity index (χ4n) is 2.60. The molecule has 118 valence electrons. The summed E-state index contributed by atoms with van der Waals surface area (Å²) in [5.74, 6) is 1.51. The topological polar surface area (TPSA) is 9.23 Å². The molecule has 0 saturated carbocycles. The van der Waals surface area contributed by atoms with Gasteiger partial charge in [0, 0.05) is 0 Å². The standard InChI is InChI=1S/C21H28O/c1-16(14-15-21(2,3)4)17-6-8-18(9-7-17)19-10-12-20(22-5)13-11-19/h6-13,16H,14-15H2,1-5H3. The molecule has 0 N–H and O–H groups in total. The first-order valence-corrected chi connectivity index (χ1v) is 8.13. The molecule has 0 heterocycles. The zero-order valence-electron chi connectivity index (χ0n) is 14.5. The van der Waals surface area contributed by atoms with Crippen LogP contribution in [0.2, 0.25) is 0 Å². The van der Waals surface area contributed by atoms with E-state index in [4.69, 9.17) is 4.74 Å². The third-order valence-corrected chi connectivity index (χ3v) is 4.23. The van der Waals surface area contributed by atoms with Crippen LogP contribution in [0, 0.1) is 5.41 Å². The Morgan fingerprint density at radius 2 is 1.36 bits per heavy atom. The van der Waals surface area contributed by atoms with Crippen molar-refractivity contribution in [3.63, 3.8) is 0 Å². The molecule has 0 radical (unpaired) electrons. The van der Waals surface area contributed by atoms with Crippen molar-refractivity contribution in [3.8, 4) is 16.9 Å². The van der Waals surface area contributed by atoms with E-state index in [0.717, 1.165) is 5.75 Å². The largest absolute Gasteiger partial charge is 0.497 e. The van der Waals surface area contributed by atoms with Gasteiger partial charge in [0.05, 0.1) is 7.11 Å². The van der Waals surface area contributed by atoms with Crippen molar-refractivity contribution >= 4 is 0 Å². The van der Waals surface area contributed by atoms with E-state index in [-0.39, 0.29) is 0 Å². The molecular formula is C21H28O. The van der Waals surface area contributed by atoms with Gasteiger partial charge in [-0.2, -0.15) is 0 Å². The van der Waals surface area contributed by atoms with Gasteiger partial charge in [-0.05, 0) is 53.0 Å². The zero-order valence-corrected chi connectivity index (χ0v) is 14.5. The molecule has 1 heteroatoms. The number of methoxy groups -OCH3 is 1. The summed E-state index contributed by atoms with van der Waals surface area (Å²) in [6.45, 7) is 9.26. The highest BCUT2D eigenvalue weighted by Gasteiger charge is 2.13. The predicted molar refractivity (Wildman–Crippen MR) is 95.5 cm³/mol. The molecule has 22 heavy (non-hydrogen) atoms. The van der Waals surface area contributed by atoms with Crippen molar-refractivity contribution in [2.45, 2.75) is 46.5 Å². The molecule has 0 aliphatic carbocycles. The maximum absolute atomic E-state index is 5.21. The van der Waals surface area contributed by atoms with Crippen LogP contribution in [0.25, 0.3) is 11.1 Å². The van der Waals surface area contributed by atoms with E-state index in [1.807, 2.05) is 12.1 Å². The third-order valence-electron chi connectivity index (χ3n) is 4.23. The maximum Gasteiger partial charge on any atom is 0.118 e. The molecule has 2 aromatic rings. The molecule has 0 spiro atoms. The number of rotatable bonds is 5. The smallest absolute Gasteiger partial charge is 0.118 e. The van der Waals surface area contributed by atoms with E-state index in [1.165, 1.54) is 29.5 Å². The molecule has 0 bridgehead atoms. The Morgan fingerprint density at radius 3 is 1.82 bits per heavy atom. The summed E-state index contributed by atoms with van der Waals surface area (Å²) in [6.07, 6.45) is 2.50. The van der Waals surface area contributed by atoms with Crippen LogP contribution >= 0.6 is 0 Å². The minimum atomic E-state index is 0.414. The van der Waals surface area contributed by atoms with Crippen LogP contribution < -0.4 is 4.74 Å². The second-order valence-electron chi connectivity index (χ2n) is 7.35. The van der Waals surface area contributed by atoms with E-state index >= 15 is 0 Å². The Bertz CT molecular complexity index is 573. The van der Waals surface area contributed by atoms with Crippen LogP contribution in [0.3, 0.4) is 0 Å². The van der Waals surface area contributed by atoms with E-state index in [0.29, 0.717) is 11.3 Å². The van der Waals surface area contributed by atoms with Gasteiger partial charge in [0.15, 0.2) is 0 Å². The van der Waals surface area contributed by atoms with Gasteiger partial charge in [0.2, 0.25) is 0 Å². The molecule has 1 unspecified atom stereocenters. The number of hydrogen-bond donors (Lipinski definition) is 0. The van der Waals surface area contributed by atoms with Crippen LogP contribution in [0.4, 0.5) is 0 Å². The van der Waals surface area contributed by atoms with Crippen molar-refractivity contribution in [2.75, 3.05) is 7.11 Å². The molecule has 0 fully saturated rings. The lowest BCUT2D eigenvalue weighted by atomic mass is 9.85. The van der Waals surface area contributed by atoms with Crippen molar-refractivity contribution in [2.24, 2.45) is 5.41 Å². The molecule has 1 nitrogen and oxygen atoms in total. The van der Waals surface area contributed by atoms with E-state index in [2.05, 4.69) is 64.1 Å². The molecule has 0 aliphatic rings. The molecule has 0 amide bonds. The quantitative estimate of drug-likeness (QED) is 0.629.